The number of para-hydroxylation sites is 1. The minimum atomic E-state index is -7.22. The van der Waals surface area contributed by atoms with Gasteiger partial charge in [-0.25, -0.2) is 87.8 Å². The summed E-state index contributed by atoms with van der Waals surface area (Å²) in [7, 11) is 0. The van der Waals surface area contributed by atoms with Crippen molar-refractivity contribution < 1.29 is 102 Å². The van der Waals surface area contributed by atoms with Crippen LogP contribution < -0.4 is 26.4 Å². The number of benzene rings is 5. The number of hydrogen-bond acceptors (Lipinski definition) is 3. The van der Waals surface area contributed by atoms with E-state index in [0.29, 0.717) is 0 Å². The molecule has 26 heteroatoms. The molecule has 1 heterocycles. The van der Waals surface area contributed by atoms with E-state index >= 15 is 35.1 Å². The molecule has 1 aromatic heterocycles. The van der Waals surface area contributed by atoms with Crippen LogP contribution in [0.15, 0.2) is 54.9 Å². The Hall–Kier alpha value is -7.02. The summed E-state index contributed by atoms with van der Waals surface area (Å²) in [4.78, 5) is 22.3. The highest BCUT2D eigenvalue weighted by molar-refractivity contribution is 7.20. The standard InChI is InChI=1S/C24BF20.C13H11N2O3/c26-5-1(6(27)14(35)21(42)13(5)34)25(2-7(28)15(36)22(43)16(37)8(2)29,3-9(30)17(38)23(44)18(39)10(3)31)4-11(32)19(40)24(45)20(41)12(4)33;16-13(10-14-8-4-1-5-9-14)11-6-2-3-7-12(11)15(17)18/h;1-9H,10H2/q-1;+1. The molecule has 0 aliphatic heterocycles. The number of aromatic nitrogens is 1. The van der Waals surface area contributed by atoms with Crippen LogP contribution in [0.3, 0.4) is 0 Å². The van der Waals surface area contributed by atoms with Crippen molar-refractivity contribution in [1.29, 1.82) is 0 Å². The van der Waals surface area contributed by atoms with E-state index in [2.05, 4.69) is 0 Å². The quantitative estimate of drug-likeness (QED) is 0.0231. The molecule has 0 bridgehead atoms. The van der Waals surface area contributed by atoms with Crippen molar-refractivity contribution in [3.05, 3.63) is 187 Å². The summed E-state index contributed by atoms with van der Waals surface area (Å²) in [6.45, 7) is 0.0890. The highest BCUT2D eigenvalue weighted by atomic mass is 19.2. The Labute approximate surface area is 335 Å². The molecule has 0 atom stereocenters. The Bertz CT molecular complexity index is 2500. The van der Waals surface area contributed by atoms with Gasteiger partial charge in [-0.05, 0) is 6.07 Å². The maximum atomic E-state index is 15.4. The van der Waals surface area contributed by atoms with Crippen molar-refractivity contribution >= 4 is 39.5 Å². The third kappa shape index (κ3) is 7.45. The Morgan fingerprint density at radius 3 is 0.937 bits per heavy atom. The Morgan fingerprint density at radius 1 is 0.413 bits per heavy atom. The molecule has 330 valence electrons. The molecule has 6 aromatic rings. The van der Waals surface area contributed by atoms with Crippen molar-refractivity contribution in [3.63, 3.8) is 0 Å². The number of nitrogens with zero attached hydrogens (tertiary/aromatic N) is 2. The first-order chi connectivity index (χ1) is 29.4. The normalized spacial score (nSPS) is 11.4. The third-order valence-electron chi connectivity index (χ3n) is 9.21. The highest BCUT2D eigenvalue weighted by Crippen LogP contribution is 2.31. The van der Waals surface area contributed by atoms with E-state index in [4.69, 9.17) is 0 Å². The van der Waals surface area contributed by atoms with Gasteiger partial charge in [-0.3, -0.25) is 14.9 Å². The van der Waals surface area contributed by atoms with Crippen molar-refractivity contribution in [3.8, 4) is 0 Å². The topological polar surface area (TPSA) is 64.1 Å². The second-order valence-corrected chi connectivity index (χ2v) is 12.5. The molecule has 5 nitrogen and oxygen atoms in total. The number of nitro groups is 1. The lowest BCUT2D eigenvalue weighted by atomic mass is 9.12. The summed E-state index contributed by atoms with van der Waals surface area (Å²) in [5.41, 5.74) is -14.3. The van der Waals surface area contributed by atoms with Crippen LogP contribution in [0.25, 0.3) is 0 Å². The van der Waals surface area contributed by atoms with Gasteiger partial charge in [0.1, 0.15) is 58.2 Å². The van der Waals surface area contributed by atoms with E-state index in [1.807, 2.05) is 6.07 Å². The molecular weight excluding hydrogens is 911 g/mol. The summed E-state index contributed by atoms with van der Waals surface area (Å²) in [5.74, 6) is -71.7. The molecule has 0 unspecified atom stereocenters. The van der Waals surface area contributed by atoms with E-state index in [1.165, 1.54) is 12.1 Å². The molecule has 0 aliphatic carbocycles. The molecule has 5 aromatic carbocycles. The Kier molecular flexibility index (Phi) is 13.0. The van der Waals surface area contributed by atoms with Crippen LogP contribution in [0.2, 0.25) is 0 Å². The minimum Gasteiger partial charge on any atom is -0.287 e. The first-order valence-corrected chi connectivity index (χ1v) is 16.3. The van der Waals surface area contributed by atoms with E-state index in [0.717, 1.165) is 0 Å². The maximum absolute atomic E-state index is 15.4. The predicted molar refractivity (Wildman–Crippen MR) is 173 cm³/mol. The average molecular weight is 922 g/mol. The van der Waals surface area contributed by atoms with Gasteiger partial charge in [0.2, 0.25) is 12.3 Å². The summed E-state index contributed by atoms with van der Waals surface area (Å²) < 4.78 is 296. The third-order valence-corrected chi connectivity index (χ3v) is 9.21. The number of halogens is 20. The van der Waals surface area contributed by atoms with Gasteiger partial charge in [0, 0.05) is 18.2 Å². The lowest BCUT2D eigenvalue weighted by molar-refractivity contribution is -0.683. The van der Waals surface area contributed by atoms with Crippen molar-refractivity contribution in [2.45, 2.75) is 6.54 Å². The molecule has 0 N–H and O–H groups in total. The molecule has 0 saturated heterocycles. The largest absolute Gasteiger partial charge is 0.287 e. The van der Waals surface area contributed by atoms with Crippen molar-refractivity contribution in [2.75, 3.05) is 0 Å². The molecule has 63 heavy (non-hydrogen) atoms. The van der Waals surface area contributed by atoms with Crippen LogP contribution in [-0.4, -0.2) is 16.9 Å². The highest BCUT2D eigenvalue weighted by Gasteiger charge is 2.52. The zero-order valence-corrected chi connectivity index (χ0v) is 29.7. The second-order valence-electron chi connectivity index (χ2n) is 12.5. The number of rotatable bonds is 8. The predicted octanol–water partition coefficient (Wildman–Crippen LogP) is 7.61. The van der Waals surface area contributed by atoms with Gasteiger partial charge in [0.15, 0.2) is 82.2 Å². The van der Waals surface area contributed by atoms with Crippen molar-refractivity contribution in [1.82, 2.24) is 0 Å². The van der Waals surface area contributed by atoms with E-state index in [1.54, 1.807) is 41.2 Å². The van der Waals surface area contributed by atoms with Gasteiger partial charge in [-0.2, -0.15) is 4.57 Å². The molecule has 0 spiro atoms. The number of pyridine rings is 1. The van der Waals surface area contributed by atoms with Gasteiger partial charge in [-0.15, -0.1) is 21.9 Å². The average Bonchev–Trinajstić information content (AvgIpc) is 3.26. The lowest BCUT2D eigenvalue weighted by Crippen LogP contribution is -2.81. The summed E-state index contributed by atoms with van der Waals surface area (Å²) in [5, 5.41) is 10.8. The fraction of sp³-hybridized carbons (Fsp3) is 0.0270. The number of hydrogen-bond donors (Lipinski definition) is 0. The maximum Gasteiger partial charge on any atom is 0.280 e. The van der Waals surface area contributed by atoms with E-state index < -0.39 is 149 Å². The van der Waals surface area contributed by atoms with Crippen molar-refractivity contribution in [2.24, 2.45) is 0 Å². The van der Waals surface area contributed by atoms with Crippen LogP contribution in [0.5, 0.6) is 0 Å². The van der Waals surface area contributed by atoms with Gasteiger partial charge in [0.05, 0.1) is 4.92 Å². The number of carbonyl (C=O) groups is 1. The van der Waals surface area contributed by atoms with Gasteiger partial charge in [0.25, 0.3) is 5.69 Å². The molecule has 0 saturated carbocycles. The second kappa shape index (κ2) is 17.4. The number of Topliss-reactive ketones (excluding diaryl/α,β-unsaturated/α-hetero) is 1. The summed E-state index contributed by atoms with van der Waals surface area (Å²) >= 11 is 0. The number of ketones is 1. The van der Waals surface area contributed by atoms with E-state index in [-0.39, 0.29) is 23.6 Å². The monoisotopic (exact) mass is 922 g/mol. The number of nitro benzene ring substituents is 1. The molecule has 0 amide bonds. The molecule has 0 fully saturated rings. The first kappa shape index (κ1) is 47.0. The summed E-state index contributed by atoms with van der Waals surface area (Å²) in [6.07, 6.45) is -3.73. The lowest BCUT2D eigenvalue weighted by Gasteiger charge is -2.44. The molecular formula is C37H11BF20N2O3. The van der Waals surface area contributed by atoms with Gasteiger partial charge in [-0.1, -0.05) is 18.2 Å². The fourth-order valence-electron chi connectivity index (χ4n) is 6.53. The molecule has 0 aliphatic rings. The summed E-state index contributed by atoms with van der Waals surface area (Å²) in [6, 6.07) is 11.4. The Morgan fingerprint density at radius 2 is 0.667 bits per heavy atom. The van der Waals surface area contributed by atoms with Crippen LogP contribution in [0.4, 0.5) is 93.5 Å². The molecule has 6 rings (SSSR count). The van der Waals surface area contributed by atoms with Crippen LogP contribution >= 0.6 is 0 Å². The smallest absolute Gasteiger partial charge is 0.280 e. The van der Waals surface area contributed by atoms with Gasteiger partial charge >= 0.3 is 0 Å². The van der Waals surface area contributed by atoms with Crippen LogP contribution in [-0.2, 0) is 6.54 Å². The zero-order valence-electron chi connectivity index (χ0n) is 29.7. The minimum absolute atomic E-state index is 0.0890. The Balaban J connectivity index is 0.000000345. The molecule has 0 radical (unpaired) electrons. The van der Waals surface area contributed by atoms with Crippen LogP contribution in [0, 0.1) is 126 Å². The van der Waals surface area contributed by atoms with Gasteiger partial charge < -0.3 is 0 Å². The number of carbonyl (C=O) groups excluding carboxylic acids is 1. The fourth-order valence-corrected chi connectivity index (χ4v) is 6.53. The van der Waals surface area contributed by atoms with E-state index in [9.17, 15) is 67.6 Å². The zero-order chi connectivity index (χ0) is 47.3. The first-order valence-electron chi connectivity index (χ1n) is 16.3. The van der Waals surface area contributed by atoms with Crippen LogP contribution in [0.1, 0.15) is 10.4 Å². The SMILES string of the molecule is Fc1c(F)c(F)c([B-](c2c(F)c(F)c(F)c(F)c2F)(c2c(F)c(F)c(F)c(F)c2F)c2c(F)c(F)c(F)c(F)c2F)c(F)c1F.O=C(C[n+]1ccccc1)c1ccccc1[N+](=O)[O-].